The van der Waals surface area contributed by atoms with Gasteiger partial charge in [-0.3, -0.25) is 0 Å². The molecule has 4 nitrogen and oxygen atoms in total. The van der Waals surface area contributed by atoms with Gasteiger partial charge in [0.25, 0.3) is 0 Å². The Morgan fingerprint density at radius 2 is 1.88 bits per heavy atom. The van der Waals surface area contributed by atoms with Crippen molar-refractivity contribution in [3.63, 3.8) is 0 Å². The summed E-state index contributed by atoms with van der Waals surface area (Å²) in [4.78, 5) is 0.147. The minimum Gasteiger partial charge on any atom is -0.207 e. The predicted octanol–water partition coefficient (Wildman–Crippen LogP) is 1.14. The zero-order chi connectivity index (χ0) is 12.9. The molecule has 0 aliphatic heterocycles. The summed E-state index contributed by atoms with van der Waals surface area (Å²) in [5, 5.41) is 8.59. The fraction of sp³-hybridized carbons (Fsp3) is 0.250. The van der Waals surface area contributed by atoms with E-state index >= 15 is 0 Å². The first kappa shape index (κ1) is 13.2. The highest BCUT2D eigenvalue weighted by atomic mass is 32.2. The van der Waals surface area contributed by atoms with Crippen LogP contribution in [0.1, 0.15) is 5.56 Å². The fourth-order valence-corrected chi connectivity index (χ4v) is 2.52. The molecule has 1 aromatic carbocycles. The van der Waals surface area contributed by atoms with Gasteiger partial charge in [-0.1, -0.05) is 23.6 Å². The lowest BCUT2D eigenvalue weighted by Gasteiger charge is -2.16. The molecule has 0 unspecified atom stereocenters. The van der Waals surface area contributed by atoms with Gasteiger partial charge in [0.05, 0.1) is 17.5 Å². The van der Waals surface area contributed by atoms with Crippen molar-refractivity contribution in [3.8, 4) is 18.4 Å². The first-order valence-corrected chi connectivity index (χ1v) is 6.33. The molecule has 0 saturated heterocycles. The Bertz CT molecular complexity index is 546. The zero-order valence-electron chi connectivity index (χ0n) is 9.42. The molecule has 0 fully saturated rings. The molecule has 0 bridgehead atoms. The molecule has 1 aromatic rings. The molecular formula is C12H12N2O2S. The van der Waals surface area contributed by atoms with Gasteiger partial charge in [-0.05, 0) is 19.1 Å². The second-order valence-corrected chi connectivity index (χ2v) is 5.39. The van der Waals surface area contributed by atoms with E-state index in [0.717, 1.165) is 9.87 Å². The summed E-state index contributed by atoms with van der Waals surface area (Å²) in [6.45, 7) is 1.51. The summed E-state index contributed by atoms with van der Waals surface area (Å²) < 4.78 is 25.2. The number of rotatable bonds is 4. The molecule has 0 aliphatic rings. The molecule has 0 spiro atoms. The molecule has 0 amide bonds. The van der Waals surface area contributed by atoms with Crippen LogP contribution in [-0.4, -0.2) is 25.8 Å². The van der Waals surface area contributed by atoms with E-state index in [-0.39, 0.29) is 18.0 Å². The molecule has 0 saturated carbocycles. The highest BCUT2D eigenvalue weighted by Crippen LogP contribution is 2.15. The average Bonchev–Trinajstić information content (AvgIpc) is 2.29. The van der Waals surface area contributed by atoms with Gasteiger partial charge in [-0.25, -0.2) is 8.42 Å². The van der Waals surface area contributed by atoms with Crippen molar-refractivity contribution in [1.82, 2.24) is 4.31 Å². The quantitative estimate of drug-likeness (QED) is 0.593. The number of hydrogen-bond acceptors (Lipinski definition) is 3. The van der Waals surface area contributed by atoms with E-state index in [2.05, 4.69) is 5.92 Å². The number of nitrogens with zero attached hydrogens (tertiary/aromatic N) is 2. The summed E-state index contributed by atoms with van der Waals surface area (Å²) in [6.07, 6.45) is 5.09. The van der Waals surface area contributed by atoms with Crippen LogP contribution < -0.4 is 0 Å². The van der Waals surface area contributed by atoms with Gasteiger partial charge >= 0.3 is 0 Å². The number of terminal acetylenes is 1. The molecule has 1 rings (SSSR count). The van der Waals surface area contributed by atoms with E-state index in [4.69, 9.17) is 11.7 Å². The molecule has 0 aliphatic carbocycles. The van der Waals surface area contributed by atoms with Gasteiger partial charge in [-0.2, -0.15) is 9.57 Å². The Morgan fingerprint density at radius 1 is 1.29 bits per heavy atom. The van der Waals surface area contributed by atoms with E-state index in [1.165, 1.54) is 12.1 Å². The summed E-state index contributed by atoms with van der Waals surface area (Å²) in [5.41, 5.74) is 0.965. The number of sulfonamides is 1. The monoisotopic (exact) mass is 248 g/mol. The van der Waals surface area contributed by atoms with Crippen LogP contribution in [0, 0.1) is 30.6 Å². The first-order valence-electron chi connectivity index (χ1n) is 4.89. The Kier molecular flexibility index (Phi) is 4.28. The third kappa shape index (κ3) is 3.07. The number of nitriles is 1. The maximum atomic E-state index is 12.1. The van der Waals surface area contributed by atoms with Gasteiger partial charge < -0.3 is 0 Å². The number of hydrogen-bond donors (Lipinski definition) is 0. The standard InChI is InChI=1S/C12H12N2O2S/c1-3-9-14(10-8-13)17(15,16)12-6-4-11(2)5-7-12/h1,4-7H,9-10H2,2H3. The van der Waals surface area contributed by atoms with Crippen LogP contribution >= 0.6 is 0 Å². The third-order valence-electron chi connectivity index (χ3n) is 2.17. The smallest absolute Gasteiger partial charge is 0.207 e. The van der Waals surface area contributed by atoms with Crippen molar-refractivity contribution in [3.05, 3.63) is 29.8 Å². The van der Waals surface area contributed by atoms with Gasteiger partial charge in [0.15, 0.2) is 0 Å². The van der Waals surface area contributed by atoms with E-state index in [9.17, 15) is 8.42 Å². The maximum Gasteiger partial charge on any atom is 0.244 e. The lowest BCUT2D eigenvalue weighted by atomic mass is 10.2. The van der Waals surface area contributed by atoms with E-state index in [1.54, 1.807) is 18.2 Å². The molecule has 17 heavy (non-hydrogen) atoms. The van der Waals surface area contributed by atoms with Crippen molar-refractivity contribution in [2.45, 2.75) is 11.8 Å². The fourth-order valence-electron chi connectivity index (χ4n) is 1.27. The second-order valence-electron chi connectivity index (χ2n) is 3.45. The second kappa shape index (κ2) is 5.49. The maximum absolute atomic E-state index is 12.1. The molecule has 0 radical (unpaired) electrons. The van der Waals surface area contributed by atoms with Crippen LogP contribution in [-0.2, 0) is 10.0 Å². The van der Waals surface area contributed by atoms with Crippen molar-refractivity contribution < 1.29 is 8.42 Å². The van der Waals surface area contributed by atoms with Crippen LogP contribution in [0.5, 0.6) is 0 Å². The van der Waals surface area contributed by atoms with Gasteiger partial charge in [0, 0.05) is 0 Å². The highest BCUT2D eigenvalue weighted by molar-refractivity contribution is 7.89. The number of benzene rings is 1. The predicted molar refractivity (Wildman–Crippen MR) is 64.4 cm³/mol. The van der Waals surface area contributed by atoms with Crippen molar-refractivity contribution in [2.75, 3.05) is 13.1 Å². The average molecular weight is 248 g/mol. The SMILES string of the molecule is C#CCN(CC#N)S(=O)(=O)c1ccc(C)cc1. The molecule has 5 heteroatoms. The highest BCUT2D eigenvalue weighted by Gasteiger charge is 2.23. The lowest BCUT2D eigenvalue weighted by molar-refractivity contribution is 0.481. The molecule has 0 N–H and O–H groups in total. The van der Waals surface area contributed by atoms with Gasteiger partial charge in [0.1, 0.15) is 6.54 Å². The van der Waals surface area contributed by atoms with Crippen LogP contribution in [0.25, 0.3) is 0 Å². The van der Waals surface area contributed by atoms with Gasteiger partial charge in [0.2, 0.25) is 10.0 Å². The number of aryl methyl sites for hydroxylation is 1. The Balaban J connectivity index is 3.13. The van der Waals surface area contributed by atoms with Gasteiger partial charge in [-0.15, -0.1) is 6.42 Å². The minimum absolute atomic E-state index is 0.107. The lowest BCUT2D eigenvalue weighted by Crippen LogP contribution is -2.31. The molecule has 0 heterocycles. The normalized spacial score (nSPS) is 10.8. The third-order valence-corrected chi connectivity index (χ3v) is 3.98. The van der Waals surface area contributed by atoms with Crippen LogP contribution in [0.3, 0.4) is 0 Å². The van der Waals surface area contributed by atoms with Crippen molar-refractivity contribution >= 4 is 10.0 Å². The Morgan fingerprint density at radius 3 is 2.35 bits per heavy atom. The summed E-state index contributed by atoms with van der Waals surface area (Å²) in [5.74, 6) is 2.24. The van der Waals surface area contributed by atoms with Crippen LogP contribution in [0.15, 0.2) is 29.2 Å². The van der Waals surface area contributed by atoms with Crippen LogP contribution in [0.2, 0.25) is 0 Å². The molecule has 0 aromatic heterocycles. The topological polar surface area (TPSA) is 61.2 Å². The molecule has 0 atom stereocenters. The Labute approximate surface area is 102 Å². The Hall–Kier alpha value is -1.82. The van der Waals surface area contributed by atoms with E-state index < -0.39 is 10.0 Å². The molecular weight excluding hydrogens is 236 g/mol. The van der Waals surface area contributed by atoms with Crippen LogP contribution in [0.4, 0.5) is 0 Å². The first-order chi connectivity index (χ1) is 8.02. The summed E-state index contributed by atoms with van der Waals surface area (Å²) in [6, 6.07) is 8.21. The van der Waals surface area contributed by atoms with Crippen molar-refractivity contribution in [2.24, 2.45) is 0 Å². The van der Waals surface area contributed by atoms with E-state index in [1.807, 2.05) is 6.92 Å². The van der Waals surface area contributed by atoms with E-state index in [0.29, 0.717) is 0 Å². The van der Waals surface area contributed by atoms with Crippen molar-refractivity contribution in [1.29, 1.82) is 5.26 Å². The zero-order valence-corrected chi connectivity index (χ0v) is 10.2. The summed E-state index contributed by atoms with van der Waals surface area (Å²) in [7, 11) is -3.67. The minimum atomic E-state index is -3.67. The molecule has 88 valence electrons. The largest absolute Gasteiger partial charge is 0.244 e. The summed E-state index contributed by atoms with van der Waals surface area (Å²) >= 11 is 0.